The van der Waals surface area contributed by atoms with Crippen molar-refractivity contribution in [1.82, 2.24) is 5.32 Å². The summed E-state index contributed by atoms with van der Waals surface area (Å²) in [5.41, 5.74) is 0.181. The van der Waals surface area contributed by atoms with Gasteiger partial charge < -0.3 is 15.2 Å². The second-order valence-electron chi connectivity index (χ2n) is 6.54. The topological polar surface area (TPSA) is 41.5 Å². The van der Waals surface area contributed by atoms with Gasteiger partial charge in [-0.05, 0) is 39.5 Å². The van der Waals surface area contributed by atoms with Gasteiger partial charge in [-0.25, -0.2) is 0 Å². The first-order valence-electron chi connectivity index (χ1n) is 7.04. The minimum absolute atomic E-state index is 0.0119. The molecule has 3 nitrogen and oxygen atoms in total. The zero-order chi connectivity index (χ0) is 12.4. The predicted octanol–water partition coefficient (Wildman–Crippen LogP) is 2.09. The molecule has 2 rings (SSSR count). The number of rotatable bonds is 4. The van der Waals surface area contributed by atoms with E-state index in [-0.39, 0.29) is 11.0 Å². The monoisotopic (exact) mass is 241 g/mol. The number of hydrogen-bond donors (Lipinski definition) is 2. The standard InChI is InChI=1S/C14H27NO2/c1-13(2)9-12(5-8-17-13)15-10-14(11-16)6-3-4-7-14/h12,15-16H,3-11H2,1-2H3. The lowest BCUT2D eigenvalue weighted by Crippen LogP contribution is -2.47. The van der Waals surface area contributed by atoms with Crippen LogP contribution < -0.4 is 5.32 Å². The van der Waals surface area contributed by atoms with Crippen molar-refractivity contribution < 1.29 is 9.84 Å². The Morgan fingerprint density at radius 3 is 2.59 bits per heavy atom. The summed E-state index contributed by atoms with van der Waals surface area (Å²) in [7, 11) is 0. The molecule has 1 aliphatic carbocycles. The average molecular weight is 241 g/mol. The van der Waals surface area contributed by atoms with E-state index < -0.39 is 0 Å². The fourth-order valence-corrected chi connectivity index (χ4v) is 3.28. The highest BCUT2D eigenvalue weighted by Gasteiger charge is 2.35. The quantitative estimate of drug-likeness (QED) is 0.792. The van der Waals surface area contributed by atoms with Crippen LogP contribution in [0.15, 0.2) is 0 Å². The molecule has 0 aromatic rings. The van der Waals surface area contributed by atoms with Gasteiger partial charge in [-0.1, -0.05) is 12.8 Å². The highest BCUT2D eigenvalue weighted by atomic mass is 16.5. The molecule has 1 aliphatic heterocycles. The SMILES string of the molecule is CC1(C)CC(NCC2(CO)CCCC2)CCO1. The fraction of sp³-hybridized carbons (Fsp3) is 1.00. The van der Waals surface area contributed by atoms with Gasteiger partial charge in [0.2, 0.25) is 0 Å². The molecule has 100 valence electrons. The van der Waals surface area contributed by atoms with E-state index in [1.54, 1.807) is 0 Å². The van der Waals surface area contributed by atoms with E-state index in [0.29, 0.717) is 12.6 Å². The van der Waals surface area contributed by atoms with Crippen LogP contribution in [-0.4, -0.2) is 36.5 Å². The van der Waals surface area contributed by atoms with E-state index in [1.807, 2.05) is 0 Å². The largest absolute Gasteiger partial charge is 0.396 e. The number of nitrogens with one attached hydrogen (secondary N) is 1. The zero-order valence-electron chi connectivity index (χ0n) is 11.3. The summed E-state index contributed by atoms with van der Waals surface area (Å²) >= 11 is 0. The molecule has 0 spiro atoms. The van der Waals surface area contributed by atoms with Gasteiger partial charge in [0.25, 0.3) is 0 Å². The lowest BCUT2D eigenvalue weighted by Gasteiger charge is -2.38. The molecule has 2 aliphatic rings. The maximum Gasteiger partial charge on any atom is 0.0641 e. The lowest BCUT2D eigenvalue weighted by atomic mass is 9.86. The van der Waals surface area contributed by atoms with E-state index in [2.05, 4.69) is 19.2 Å². The van der Waals surface area contributed by atoms with Crippen molar-refractivity contribution >= 4 is 0 Å². The van der Waals surface area contributed by atoms with Gasteiger partial charge in [-0.15, -0.1) is 0 Å². The first-order valence-corrected chi connectivity index (χ1v) is 7.04. The number of ether oxygens (including phenoxy) is 1. The molecular weight excluding hydrogens is 214 g/mol. The summed E-state index contributed by atoms with van der Waals surface area (Å²) in [6, 6.07) is 0.558. The molecule has 0 amide bonds. The molecule has 0 aromatic heterocycles. The first kappa shape index (κ1) is 13.3. The third-order valence-electron chi connectivity index (χ3n) is 4.46. The smallest absolute Gasteiger partial charge is 0.0641 e. The van der Waals surface area contributed by atoms with Crippen molar-refractivity contribution in [1.29, 1.82) is 0 Å². The van der Waals surface area contributed by atoms with Gasteiger partial charge in [0.15, 0.2) is 0 Å². The molecule has 1 saturated carbocycles. The molecule has 1 atom stereocenters. The normalized spacial score (nSPS) is 31.6. The van der Waals surface area contributed by atoms with E-state index in [1.165, 1.54) is 25.7 Å². The second kappa shape index (κ2) is 5.25. The van der Waals surface area contributed by atoms with Gasteiger partial charge >= 0.3 is 0 Å². The highest BCUT2D eigenvalue weighted by molar-refractivity contribution is 4.89. The zero-order valence-corrected chi connectivity index (χ0v) is 11.3. The maximum absolute atomic E-state index is 9.58. The highest BCUT2D eigenvalue weighted by Crippen LogP contribution is 2.37. The maximum atomic E-state index is 9.58. The van der Waals surface area contributed by atoms with E-state index in [4.69, 9.17) is 4.74 Å². The summed E-state index contributed by atoms with van der Waals surface area (Å²) < 4.78 is 5.73. The molecule has 0 radical (unpaired) electrons. The minimum Gasteiger partial charge on any atom is -0.396 e. The summed E-state index contributed by atoms with van der Waals surface area (Å²) in [4.78, 5) is 0. The molecule has 0 bridgehead atoms. The molecular formula is C14H27NO2. The Morgan fingerprint density at radius 2 is 2.00 bits per heavy atom. The Hall–Kier alpha value is -0.120. The van der Waals surface area contributed by atoms with Crippen molar-refractivity contribution in [3.63, 3.8) is 0 Å². The summed E-state index contributed by atoms with van der Waals surface area (Å²) in [6.45, 7) is 6.50. The van der Waals surface area contributed by atoms with Crippen LogP contribution in [0.25, 0.3) is 0 Å². The van der Waals surface area contributed by atoms with Crippen LogP contribution in [-0.2, 0) is 4.74 Å². The van der Waals surface area contributed by atoms with E-state index in [9.17, 15) is 5.11 Å². The van der Waals surface area contributed by atoms with Crippen LogP contribution in [0.1, 0.15) is 52.4 Å². The molecule has 1 heterocycles. The van der Waals surface area contributed by atoms with Crippen molar-refractivity contribution in [2.24, 2.45) is 5.41 Å². The average Bonchev–Trinajstić information content (AvgIpc) is 2.75. The summed E-state index contributed by atoms with van der Waals surface area (Å²) in [5, 5.41) is 13.3. The van der Waals surface area contributed by atoms with Crippen LogP contribution in [0.2, 0.25) is 0 Å². The second-order valence-corrected chi connectivity index (χ2v) is 6.54. The van der Waals surface area contributed by atoms with Crippen molar-refractivity contribution in [3.8, 4) is 0 Å². The number of hydrogen-bond acceptors (Lipinski definition) is 3. The molecule has 3 heteroatoms. The van der Waals surface area contributed by atoms with Gasteiger partial charge in [-0.3, -0.25) is 0 Å². The Kier molecular flexibility index (Phi) is 4.11. The fourth-order valence-electron chi connectivity index (χ4n) is 3.28. The van der Waals surface area contributed by atoms with Crippen molar-refractivity contribution in [2.45, 2.75) is 64.0 Å². The third kappa shape index (κ3) is 3.43. The number of aliphatic hydroxyl groups excluding tert-OH is 1. The molecule has 2 fully saturated rings. The molecule has 1 saturated heterocycles. The van der Waals surface area contributed by atoms with Crippen LogP contribution in [0, 0.1) is 5.41 Å². The summed E-state index contributed by atoms with van der Waals surface area (Å²) in [5.74, 6) is 0. The molecule has 2 N–H and O–H groups in total. The number of aliphatic hydroxyl groups is 1. The molecule has 17 heavy (non-hydrogen) atoms. The third-order valence-corrected chi connectivity index (χ3v) is 4.46. The van der Waals surface area contributed by atoms with Crippen LogP contribution in [0.4, 0.5) is 0 Å². The van der Waals surface area contributed by atoms with Crippen LogP contribution in [0.3, 0.4) is 0 Å². The van der Waals surface area contributed by atoms with Crippen molar-refractivity contribution in [2.75, 3.05) is 19.8 Å². The van der Waals surface area contributed by atoms with Gasteiger partial charge in [0, 0.05) is 31.2 Å². The Balaban J connectivity index is 1.81. The van der Waals surface area contributed by atoms with Crippen LogP contribution in [0.5, 0.6) is 0 Å². The minimum atomic E-state index is 0.0119. The van der Waals surface area contributed by atoms with Gasteiger partial charge in [0.1, 0.15) is 0 Å². The van der Waals surface area contributed by atoms with Gasteiger partial charge in [0.05, 0.1) is 5.60 Å². The lowest BCUT2D eigenvalue weighted by molar-refractivity contribution is -0.0643. The Labute approximate surface area is 105 Å². The van der Waals surface area contributed by atoms with Gasteiger partial charge in [-0.2, -0.15) is 0 Å². The molecule has 0 aromatic carbocycles. The Bertz CT molecular complexity index is 247. The summed E-state index contributed by atoms with van der Waals surface area (Å²) in [6.07, 6.45) is 7.11. The predicted molar refractivity (Wildman–Crippen MR) is 69.0 cm³/mol. The van der Waals surface area contributed by atoms with Crippen molar-refractivity contribution in [3.05, 3.63) is 0 Å². The molecule has 1 unspecified atom stereocenters. The van der Waals surface area contributed by atoms with E-state index in [0.717, 1.165) is 26.0 Å². The first-order chi connectivity index (χ1) is 8.05. The van der Waals surface area contributed by atoms with Crippen LogP contribution >= 0.6 is 0 Å². The van der Waals surface area contributed by atoms with E-state index >= 15 is 0 Å². The Morgan fingerprint density at radius 1 is 1.29 bits per heavy atom.